The van der Waals surface area contributed by atoms with Crippen LogP contribution in [0.2, 0.25) is 0 Å². The maximum Gasteiger partial charge on any atom is 0.271 e. The van der Waals surface area contributed by atoms with Gasteiger partial charge in [-0.3, -0.25) is 14.4 Å². The van der Waals surface area contributed by atoms with Crippen LogP contribution in [-0.4, -0.2) is 26.6 Å². The summed E-state index contributed by atoms with van der Waals surface area (Å²) in [4.78, 5) is 9.89. The van der Waals surface area contributed by atoms with Gasteiger partial charge in [-0.05, 0) is 6.07 Å². The Balaban J connectivity index is 3.17. The second-order valence-corrected chi connectivity index (χ2v) is 5.02. The average Bonchev–Trinajstić information content (AvgIpc) is 2.15. The van der Waals surface area contributed by atoms with Gasteiger partial charge >= 0.3 is 0 Å². The van der Waals surface area contributed by atoms with E-state index >= 15 is 0 Å². The molecule has 0 radical (unpaired) electrons. The first-order chi connectivity index (χ1) is 6.82. The number of rotatable bonds is 3. The van der Waals surface area contributed by atoms with E-state index in [0.717, 1.165) is 10.6 Å². The Morgan fingerprint density at radius 1 is 1.40 bits per heavy atom. The summed E-state index contributed by atoms with van der Waals surface area (Å²) in [5, 5.41) is 10.5. The molecular weight excluding hydrogens is 220 g/mol. The Morgan fingerprint density at radius 2 is 2.00 bits per heavy atom. The van der Waals surface area contributed by atoms with Crippen LogP contribution in [0.15, 0.2) is 24.3 Å². The van der Waals surface area contributed by atoms with E-state index in [2.05, 4.69) is 0 Å². The van der Waals surface area contributed by atoms with Crippen LogP contribution >= 0.6 is 0 Å². The molecular formula is C8H10N2O4S. The van der Waals surface area contributed by atoms with Crippen LogP contribution in [0.3, 0.4) is 0 Å². The third-order valence-electron chi connectivity index (χ3n) is 1.90. The molecule has 0 saturated carbocycles. The Bertz CT molecular complexity index is 483. The SMILES string of the molecule is CN(c1cccc([N+](=O)[O-])c1)S(C)(=O)=O. The highest BCUT2D eigenvalue weighted by molar-refractivity contribution is 7.92. The van der Waals surface area contributed by atoms with Crippen molar-refractivity contribution in [3.63, 3.8) is 0 Å². The molecule has 0 unspecified atom stereocenters. The molecule has 0 saturated heterocycles. The zero-order valence-corrected chi connectivity index (χ0v) is 9.06. The van der Waals surface area contributed by atoms with Gasteiger partial charge in [0.2, 0.25) is 10.0 Å². The molecule has 0 bridgehead atoms. The normalized spacial score (nSPS) is 11.1. The van der Waals surface area contributed by atoms with Crippen LogP contribution in [0.25, 0.3) is 0 Å². The number of nitro groups is 1. The van der Waals surface area contributed by atoms with Crippen molar-refractivity contribution in [3.8, 4) is 0 Å². The van der Waals surface area contributed by atoms with Gasteiger partial charge in [-0.1, -0.05) is 6.07 Å². The zero-order valence-electron chi connectivity index (χ0n) is 8.25. The summed E-state index contributed by atoms with van der Waals surface area (Å²) >= 11 is 0. The molecule has 0 aromatic heterocycles. The lowest BCUT2D eigenvalue weighted by atomic mass is 10.3. The van der Waals surface area contributed by atoms with E-state index in [-0.39, 0.29) is 11.4 Å². The van der Waals surface area contributed by atoms with Crippen LogP contribution in [0.5, 0.6) is 0 Å². The number of non-ortho nitro benzene ring substituents is 1. The number of anilines is 1. The molecule has 0 fully saturated rings. The summed E-state index contributed by atoms with van der Waals surface area (Å²) in [6, 6.07) is 5.45. The summed E-state index contributed by atoms with van der Waals surface area (Å²) in [5.74, 6) is 0. The summed E-state index contributed by atoms with van der Waals surface area (Å²) in [5.41, 5.74) is 0.134. The van der Waals surface area contributed by atoms with Crippen molar-refractivity contribution in [3.05, 3.63) is 34.4 Å². The van der Waals surface area contributed by atoms with Crippen LogP contribution < -0.4 is 4.31 Å². The summed E-state index contributed by atoms with van der Waals surface area (Å²) < 4.78 is 23.3. The Labute approximate surface area is 87.3 Å². The van der Waals surface area contributed by atoms with Gasteiger partial charge in [-0.25, -0.2) is 8.42 Å². The molecule has 15 heavy (non-hydrogen) atoms. The van der Waals surface area contributed by atoms with Crippen molar-refractivity contribution in [2.24, 2.45) is 0 Å². The predicted octanol–water partition coefficient (Wildman–Crippen LogP) is 0.991. The van der Waals surface area contributed by atoms with Gasteiger partial charge in [0.05, 0.1) is 16.9 Å². The van der Waals surface area contributed by atoms with Gasteiger partial charge in [0.1, 0.15) is 0 Å². The van der Waals surface area contributed by atoms with Gasteiger partial charge < -0.3 is 0 Å². The molecule has 1 rings (SSSR count). The lowest BCUT2D eigenvalue weighted by Gasteiger charge is -2.15. The smallest absolute Gasteiger partial charge is 0.271 e. The number of hydrogen-bond acceptors (Lipinski definition) is 4. The fourth-order valence-electron chi connectivity index (χ4n) is 0.994. The Morgan fingerprint density at radius 3 is 2.47 bits per heavy atom. The van der Waals surface area contributed by atoms with Gasteiger partial charge in [0.15, 0.2) is 0 Å². The first kappa shape index (κ1) is 11.4. The van der Waals surface area contributed by atoms with Gasteiger partial charge in [0, 0.05) is 19.2 Å². The first-order valence-corrected chi connectivity index (χ1v) is 5.85. The van der Waals surface area contributed by atoms with E-state index in [9.17, 15) is 18.5 Å². The molecule has 0 heterocycles. The Hall–Kier alpha value is -1.63. The standard InChI is InChI=1S/C8H10N2O4S/c1-9(15(2,13)14)7-4-3-5-8(6-7)10(11)12/h3-6H,1-2H3. The van der Waals surface area contributed by atoms with Gasteiger partial charge in [-0.2, -0.15) is 0 Å². The minimum Gasteiger partial charge on any atom is -0.273 e. The lowest BCUT2D eigenvalue weighted by Crippen LogP contribution is -2.24. The maximum absolute atomic E-state index is 11.2. The highest BCUT2D eigenvalue weighted by atomic mass is 32.2. The van der Waals surface area contributed by atoms with Gasteiger partial charge in [0.25, 0.3) is 5.69 Å². The molecule has 6 nitrogen and oxygen atoms in total. The number of sulfonamides is 1. The molecule has 82 valence electrons. The Kier molecular flexibility index (Phi) is 2.94. The van der Waals surface area contributed by atoms with E-state index in [1.165, 1.54) is 31.3 Å². The van der Waals surface area contributed by atoms with Crippen LogP contribution in [0.1, 0.15) is 0 Å². The number of benzene rings is 1. The third kappa shape index (κ3) is 2.66. The van der Waals surface area contributed by atoms with Crippen LogP contribution in [-0.2, 0) is 10.0 Å². The molecule has 0 aliphatic heterocycles. The first-order valence-electron chi connectivity index (χ1n) is 4.01. The van der Waals surface area contributed by atoms with E-state index in [0.29, 0.717) is 0 Å². The highest BCUT2D eigenvalue weighted by Crippen LogP contribution is 2.21. The molecule has 7 heteroatoms. The molecule has 1 aromatic carbocycles. The van der Waals surface area contributed by atoms with Crippen LogP contribution in [0, 0.1) is 10.1 Å². The van der Waals surface area contributed by atoms with Crippen LogP contribution in [0.4, 0.5) is 11.4 Å². The fraction of sp³-hybridized carbons (Fsp3) is 0.250. The molecule has 0 atom stereocenters. The summed E-state index contributed by atoms with van der Waals surface area (Å²) in [6.45, 7) is 0. The minimum atomic E-state index is -3.39. The third-order valence-corrected chi connectivity index (χ3v) is 3.11. The number of nitrogens with zero attached hydrogens (tertiary/aromatic N) is 2. The van der Waals surface area contributed by atoms with Crippen molar-refractivity contribution in [1.29, 1.82) is 0 Å². The van der Waals surface area contributed by atoms with E-state index in [1.54, 1.807) is 0 Å². The summed E-state index contributed by atoms with van der Waals surface area (Å²) in [6.07, 6.45) is 1.03. The molecule has 0 N–H and O–H groups in total. The van der Waals surface area contributed by atoms with Crippen molar-refractivity contribution in [1.82, 2.24) is 0 Å². The van der Waals surface area contributed by atoms with Crippen molar-refractivity contribution in [2.45, 2.75) is 0 Å². The van der Waals surface area contributed by atoms with Crippen molar-refractivity contribution in [2.75, 3.05) is 17.6 Å². The number of hydrogen-bond donors (Lipinski definition) is 0. The topological polar surface area (TPSA) is 80.5 Å². The molecule has 1 aromatic rings. The minimum absolute atomic E-state index is 0.136. The second kappa shape index (κ2) is 3.85. The lowest BCUT2D eigenvalue weighted by molar-refractivity contribution is -0.384. The quantitative estimate of drug-likeness (QED) is 0.572. The second-order valence-electron chi connectivity index (χ2n) is 3.01. The highest BCUT2D eigenvalue weighted by Gasteiger charge is 2.14. The van der Waals surface area contributed by atoms with Gasteiger partial charge in [-0.15, -0.1) is 0 Å². The molecule has 0 aliphatic carbocycles. The fourth-order valence-corrected chi connectivity index (χ4v) is 1.49. The molecule has 0 aliphatic rings. The van der Waals surface area contributed by atoms with Crippen molar-refractivity contribution >= 4 is 21.4 Å². The monoisotopic (exact) mass is 230 g/mol. The number of nitro benzene ring substituents is 1. The maximum atomic E-state index is 11.2. The zero-order chi connectivity index (χ0) is 11.6. The predicted molar refractivity (Wildman–Crippen MR) is 56.3 cm³/mol. The molecule has 0 spiro atoms. The van der Waals surface area contributed by atoms with E-state index < -0.39 is 14.9 Å². The van der Waals surface area contributed by atoms with E-state index in [1.807, 2.05) is 0 Å². The van der Waals surface area contributed by atoms with E-state index in [4.69, 9.17) is 0 Å². The van der Waals surface area contributed by atoms with Crippen molar-refractivity contribution < 1.29 is 13.3 Å². The average molecular weight is 230 g/mol. The molecule has 0 amide bonds. The largest absolute Gasteiger partial charge is 0.273 e. The summed E-state index contributed by atoms with van der Waals surface area (Å²) in [7, 11) is -2.05.